The van der Waals surface area contributed by atoms with Crippen molar-refractivity contribution in [2.45, 2.75) is 76.8 Å². The molecule has 0 fully saturated rings. The van der Waals surface area contributed by atoms with E-state index in [0.717, 1.165) is 11.9 Å². The van der Waals surface area contributed by atoms with Crippen LogP contribution < -0.4 is 10.0 Å². The van der Waals surface area contributed by atoms with Gasteiger partial charge in [0.2, 0.25) is 0 Å². The molecule has 2 aromatic heterocycles. The lowest BCUT2D eigenvalue weighted by Gasteiger charge is -2.32. The number of ether oxygens (including phenoxy) is 1. The number of nitrogens with one attached hydrogen (secondary N) is 2. The van der Waals surface area contributed by atoms with Crippen LogP contribution in [0.3, 0.4) is 0 Å². The van der Waals surface area contributed by atoms with Crippen LogP contribution in [0.25, 0.3) is 11.0 Å². The summed E-state index contributed by atoms with van der Waals surface area (Å²) < 4.78 is 35.1. The van der Waals surface area contributed by atoms with Crippen molar-refractivity contribution in [3.8, 4) is 0 Å². The number of alkyl carbamates (subject to hydrolysis) is 1. The zero-order valence-electron chi connectivity index (χ0n) is 22.4. The molecule has 39 heavy (non-hydrogen) atoms. The third-order valence-corrected chi connectivity index (χ3v) is 8.33. The quantitative estimate of drug-likeness (QED) is 0.272. The van der Waals surface area contributed by atoms with Gasteiger partial charge in [-0.1, -0.05) is 69.8 Å². The van der Waals surface area contributed by atoms with Gasteiger partial charge in [0, 0.05) is 18.2 Å². The Balaban J connectivity index is 1.70. The van der Waals surface area contributed by atoms with Gasteiger partial charge in [0.05, 0.1) is 46.1 Å². The number of amides is 1. The molecule has 10 nitrogen and oxygen atoms in total. The van der Waals surface area contributed by atoms with Gasteiger partial charge >= 0.3 is 6.09 Å². The summed E-state index contributed by atoms with van der Waals surface area (Å²) in [4.78, 5) is 21.3. The molecule has 2 unspecified atom stereocenters. The van der Waals surface area contributed by atoms with Crippen molar-refractivity contribution < 1.29 is 23.1 Å². The summed E-state index contributed by atoms with van der Waals surface area (Å²) in [7, 11) is -3.92. The number of aromatic nitrogens is 3. The number of carbonyl (C=O) groups excluding carboxylic acids is 1. The zero-order valence-corrected chi connectivity index (χ0v) is 24.7. The number of carbonyl (C=O) groups is 1. The Hall–Kier alpha value is -2.44. The number of sulfonamides is 1. The van der Waals surface area contributed by atoms with Gasteiger partial charge in [0.1, 0.15) is 6.10 Å². The standard InChI is InChI=1S/C26H35Cl2N5O5S/c1-5-6-9-19(22(34)14-31-39(36,37)24-10-7-8-11-29-24)32-25(35)38-23(26(2,3)4)15-33-16-30-20-12-17(27)18(28)13-21(20)33/h7-8,10-13,16,19,22-23,31,34H,5-6,9,14-15H2,1-4H3,(H,32,35)/t19?,22-,23?/m1/s1. The molecular formula is C26H35Cl2N5O5S. The van der Waals surface area contributed by atoms with Gasteiger partial charge in [0.15, 0.2) is 5.03 Å². The first-order valence-electron chi connectivity index (χ1n) is 12.7. The minimum Gasteiger partial charge on any atom is -0.444 e. The first-order valence-corrected chi connectivity index (χ1v) is 14.9. The monoisotopic (exact) mass is 599 g/mol. The largest absolute Gasteiger partial charge is 0.444 e. The van der Waals surface area contributed by atoms with Crippen molar-refractivity contribution in [1.29, 1.82) is 0 Å². The molecule has 3 aromatic rings. The van der Waals surface area contributed by atoms with Gasteiger partial charge in [-0.25, -0.2) is 27.9 Å². The fourth-order valence-corrected chi connectivity index (χ4v) is 5.19. The number of rotatable bonds is 12. The summed E-state index contributed by atoms with van der Waals surface area (Å²) in [5.41, 5.74) is 0.969. The Morgan fingerprint density at radius 1 is 1.18 bits per heavy atom. The predicted octanol–water partition coefficient (Wildman–Crippen LogP) is 4.78. The number of hydrogen-bond acceptors (Lipinski definition) is 7. The lowest BCUT2D eigenvalue weighted by atomic mass is 9.89. The molecule has 1 aromatic carbocycles. The van der Waals surface area contributed by atoms with Gasteiger partial charge in [-0.3, -0.25) is 0 Å². The molecule has 2 heterocycles. The van der Waals surface area contributed by atoms with Crippen molar-refractivity contribution in [2.24, 2.45) is 5.41 Å². The van der Waals surface area contributed by atoms with Crippen molar-refractivity contribution in [2.75, 3.05) is 6.54 Å². The molecule has 0 spiro atoms. The summed E-state index contributed by atoms with van der Waals surface area (Å²) in [5.74, 6) is 0. The van der Waals surface area contributed by atoms with Gasteiger partial charge in [0.25, 0.3) is 10.0 Å². The van der Waals surface area contributed by atoms with E-state index >= 15 is 0 Å². The minimum absolute atomic E-state index is 0.154. The van der Waals surface area contributed by atoms with E-state index in [9.17, 15) is 18.3 Å². The predicted molar refractivity (Wildman–Crippen MR) is 151 cm³/mol. The number of benzene rings is 1. The second kappa shape index (κ2) is 13.3. The van der Waals surface area contributed by atoms with Crippen molar-refractivity contribution in [1.82, 2.24) is 24.6 Å². The summed E-state index contributed by atoms with van der Waals surface area (Å²) >= 11 is 12.3. The topological polar surface area (TPSA) is 135 Å². The summed E-state index contributed by atoms with van der Waals surface area (Å²) in [6.07, 6.45) is 2.49. The zero-order chi connectivity index (χ0) is 28.8. The van der Waals surface area contributed by atoms with Gasteiger partial charge in [-0.05, 0) is 30.7 Å². The molecule has 0 saturated carbocycles. The molecule has 0 aliphatic rings. The average Bonchev–Trinajstić information content (AvgIpc) is 3.26. The Morgan fingerprint density at radius 2 is 1.90 bits per heavy atom. The lowest BCUT2D eigenvalue weighted by molar-refractivity contribution is 0.0151. The van der Waals surface area contributed by atoms with Crippen LogP contribution in [0, 0.1) is 5.41 Å². The molecule has 1 amide bonds. The summed E-state index contributed by atoms with van der Waals surface area (Å²) in [6, 6.07) is 7.18. The van der Waals surface area contributed by atoms with Gasteiger partial charge < -0.3 is 19.7 Å². The van der Waals surface area contributed by atoms with E-state index in [0.29, 0.717) is 34.9 Å². The van der Waals surface area contributed by atoms with Crippen molar-refractivity contribution in [3.05, 3.63) is 52.9 Å². The highest BCUT2D eigenvalue weighted by Gasteiger charge is 2.31. The third-order valence-electron chi connectivity index (χ3n) is 6.27. The number of imidazole rings is 1. The van der Waals surface area contributed by atoms with E-state index in [1.54, 1.807) is 30.6 Å². The smallest absolute Gasteiger partial charge is 0.407 e. The minimum atomic E-state index is -3.92. The van der Waals surface area contributed by atoms with Crippen LogP contribution in [0.15, 0.2) is 47.9 Å². The second-order valence-corrected chi connectivity index (χ2v) is 12.9. The van der Waals surface area contributed by atoms with Gasteiger partial charge in [-0.2, -0.15) is 0 Å². The molecule has 3 N–H and O–H groups in total. The van der Waals surface area contributed by atoms with E-state index in [1.807, 2.05) is 32.3 Å². The number of aliphatic hydroxyl groups is 1. The molecule has 0 bridgehead atoms. The van der Waals surface area contributed by atoms with Crippen LogP contribution in [0.4, 0.5) is 4.79 Å². The third kappa shape index (κ3) is 8.52. The van der Waals surface area contributed by atoms with Crippen LogP contribution in [-0.2, 0) is 21.3 Å². The van der Waals surface area contributed by atoms with E-state index in [4.69, 9.17) is 27.9 Å². The normalized spacial score (nSPS) is 14.6. The number of aliphatic hydroxyl groups excluding tert-OH is 1. The molecule has 0 radical (unpaired) electrons. The second-order valence-electron chi connectivity index (χ2n) is 10.4. The molecule has 3 rings (SSSR count). The SMILES string of the molecule is CCCCC(NC(=O)OC(Cn1cnc2cc(Cl)c(Cl)cc21)C(C)(C)C)[C@H](O)CNS(=O)(=O)c1ccccn1. The molecule has 13 heteroatoms. The molecule has 0 saturated heterocycles. The average molecular weight is 601 g/mol. The summed E-state index contributed by atoms with van der Waals surface area (Å²) in [5, 5.41) is 14.2. The van der Waals surface area contributed by atoms with Crippen LogP contribution in [-0.4, -0.2) is 58.9 Å². The van der Waals surface area contributed by atoms with Crippen LogP contribution in [0.1, 0.15) is 47.0 Å². The number of hydrogen-bond donors (Lipinski definition) is 3. The molecule has 214 valence electrons. The molecule has 3 atom stereocenters. The van der Waals surface area contributed by atoms with E-state index in [2.05, 4.69) is 20.0 Å². The summed E-state index contributed by atoms with van der Waals surface area (Å²) in [6.45, 7) is 7.82. The highest BCUT2D eigenvalue weighted by atomic mass is 35.5. The fourth-order valence-electron chi connectivity index (χ4n) is 3.88. The Bertz CT molecular complexity index is 1360. The number of halogens is 2. The van der Waals surface area contributed by atoms with Crippen molar-refractivity contribution >= 4 is 50.4 Å². The fraction of sp³-hybridized carbons (Fsp3) is 0.500. The first kappa shape index (κ1) is 31.1. The number of nitrogens with zero attached hydrogens (tertiary/aromatic N) is 3. The number of pyridine rings is 1. The van der Waals surface area contributed by atoms with E-state index in [-0.39, 0.29) is 11.6 Å². The highest BCUT2D eigenvalue weighted by molar-refractivity contribution is 7.89. The maximum absolute atomic E-state index is 13.0. The Labute approximate surface area is 239 Å². The molecule has 0 aliphatic carbocycles. The van der Waals surface area contributed by atoms with E-state index < -0.39 is 39.8 Å². The Kier molecular flexibility index (Phi) is 10.6. The number of fused-ring (bicyclic) bond motifs is 1. The highest BCUT2D eigenvalue weighted by Crippen LogP contribution is 2.29. The maximum atomic E-state index is 13.0. The van der Waals surface area contributed by atoms with Gasteiger partial charge in [-0.15, -0.1) is 0 Å². The maximum Gasteiger partial charge on any atom is 0.407 e. The lowest BCUT2D eigenvalue weighted by Crippen LogP contribution is -2.50. The van der Waals surface area contributed by atoms with Crippen LogP contribution >= 0.6 is 23.2 Å². The molecule has 0 aliphatic heterocycles. The molecular weight excluding hydrogens is 565 g/mol. The Morgan fingerprint density at radius 3 is 2.54 bits per heavy atom. The van der Waals surface area contributed by atoms with Crippen LogP contribution in [0.2, 0.25) is 10.0 Å². The first-order chi connectivity index (χ1) is 18.3. The number of unbranched alkanes of at least 4 members (excludes halogenated alkanes) is 1. The van der Waals surface area contributed by atoms with Crippen LogP contribution in [0.5, 0.6) is 0 Å². The van der Waals surface area contributed by atoms with Crippen molar-refractivity contribution in [3.63, 3.8) is 0 Å². The van der Waals surface area contributed by atoms with E-state index in [1.165, 1.54) is 12.3 Å².